The van der Waals surface area contributed by atoms with Crippen LogP contribution in [0.3, 0.4) is 0 Å². The number of quaternary nitrogens is 1. The smallest absolute Gasteiger partial charge is 0.331 e. The van der Waals surface area contributed by atoms with E-state index in [4.69, 9.17) is 9.15 Å². The van der Waals surface area contributed by atoms with Crippen LogP contribution in [-0.4, -0.2) is 59.2 Å². The van der Waals surface area contributed by atoms with E-state index in [1.165, 1.54) is 6.42 Å². The maximum Gasteiger partial charge on any atom is 0.331 e. The fourth-order valence-corrected chi connectivity index (χ4v) is 6.77. The van der Waals surface area contributed by atoms with E-state index in [-0.39, 0.29) is 12.1 Å². The summed E-state index contributed by atoms with van der Waals surface area (Å²) in [6, 6.07) is 20.3. The molecule has 5 heterocycles. The number of esters is 1. The summed E-state index contributed by atoms with van der Waals surface area (Å²) in [5, 5.41) is 0. The molecule has 6 heteroatoms. The Kier molecular flexibility index (Phi) is 6.63. The molecule has 0 N–H and O–H groups in total. The van der Waals surface area contributed by atoms with Crippen molar-refractivity contribution in [2.24, 2.45) is 5.92 Å². The van der Waals surface area contributed by atoms with Crippen LogP contribution in [0.15, 0.2) is 71.3 Å². The lowest BCUT2D eigenvalue weighted by atomic mass is 9.82. The van der Waals surface area contributed by atoms with Crippen molar-refractivity contribution in [2.45, 2.75) is 57.2 Å². The van der Waals surface area contributed by atoms with Crippen LogP contribution in [0.25, 0.3) is 11.3 Å². The van der Waals surface area contributed by atoms with Gasteiger partial charge in [-0.3, -0.25) is 4.90 Å². The van der Waals surface area contributed by atoms with E-state index in [1.807, 2.05) is 54.7 Å². The molecule has 37 heavy (non-hydrogen) atoms. The second-order valence-electron chi connectivity index (χ2n) is 11.4. The normalized spacial score (nSPS) is 27.5. The fraction of sp³-hybridized carbons (Fsp3) is 0.484. The van der Waals surface area contributed by atoms with Crippen LogP contribution in [0.4, 0.5) is 0 Å². The van der Waals surface area contributed by atoms with Gasteiger partial charge in [0, 0.05) is 24.3 Å². The third kappa shape index (κ3) is 4.73. The first-order chi connectivity index (χ1) is 18.1. The van der Waals surface area contributed by atoms with Gasteiger partial charge in [-0.15, -0.1) is 0 Å². The Bertz CT molecular complexity index is 1200. The molecule has 3 aromatic rings. The van der Waals surface area contributed by atoms with Gasteiger partial charge in [-0.25, -0.2) is 9.78 Å². The molecule has 2 bridgehead atoms. The number of ether oxygens (including phenoxy) is 1. The van der Waals surface area contributed by atoms with E-state index < -0.39 is 5.54 Å². The summed E-state index contributed by atoms with van der Waals surface area (Å²) in [7, 11) is 0. The number of carbonyl (C=O) groups is 1. The highest BCUT2D eigenvalue weighted by Gasteiger charge is 2.51. The minimum Gasteiger partial charge on any atom is -0.454 e. The molecule has 4 fully saturated rings. The Labute approximate surface area is 219 Å². The summed E-state index contributed by atoms with van der Waals surface area (Å²) in [6.45, 7) is 7.69. The second kappa shape index (κ2) is 10.1. The largest absolute Gasteiger partial charge is 0.454 e. The van der Waals surface area contributed by atoms with E-state index in [9.17, 15) is 4.79 Å². The Morgan fingerprint density at radius 3 is 2.41 bits per heavy atom. The van der Waals surface area contributed by atoms with Crippen molar-refractivity contribution >= 4 is 5.97 Å². The summed E-state index contributed by atoms with van der Waals surface area (Å²) in [5.74, 6) is 1.92. The maximum atomic E-state index is 14.0. The van der Waals surface area contributed by atoms with Crippen LogP contribution in [0.2, 0.25) is 0 Å². The number of aromatic nitrogens is 1. The van der Waals surface area contributed by atoms with Crippen LogP contribution in [-0.2, 0) is 21.6 Å². The molecule has 7 rings (SSSR count). The van der Waals surface area contributed by atoms with Gasteiger partial charge in [0.15, 0.2) is 18.4 Å². The fourth-order valence-electron chi connectivity index (χ4n) is 6.77. The molecule has 0 unspecified atom stereocenters. The van der Waals surface area contributed by atoms with Crippen molar-refractivity contribution in [3.05, 3.63) is 78.3 Å². The van der Waals surface area contributed by atoms with Gasteiger partial charge in [0.2, 0.25) is 0 Å². The quantitative estimate of drug-likeness (QED) is 0.321. The van der Waals surface area contributed by atoms with E-state index >= 15 is 0 Å². The summed E-state index contributed by atoms with van der Waals surface area (Å²) < 4.78 is 13.6. The van der Waals surface area contributed by atoms with E-state index in [2.05, 4.69) is 28.9 Å². The van der Waals surface area contributed by atoms with Crippen molar-refractivity contribution in [2.75, 3.05) is 32.7 Å². The SMILES string of the molecule is C[C@@](C(=O)O[C@H]1C[N+]2(Cc3ncc(-c4ccccc4)o3)CCC1CC2)(c1ccccc1)N1CCCCC1. The minimum absolute atomic E-state index is 0.0635. The molecular weight excluding hydrogens is 462 g/mol. The van der Waals surface area contributed by atoms with Crippen LogP contribution >= 0.6 is 0 Å². The Balaban J connectivity index is 1.20. The number of piperidine rings is 4. The molecule has 2 atom stereocenters. The zero-order chi connectivity index (χ0) is 25.3. The van der Waals surface area contributed by atoms with Crippen molar-refractivity contribution in [3.63, 3.8) is 0 Å². The number of hydrogen-bond donors (Lipinski definition) is 0. The molecule has 2 aromatic carbocycles. The molecule has 0 amide bonds. The van der Waals surface area contributed by atoms with Crippen LogP contribution in [0.5, 0.6) is 0 Å². The molecule has 0 aliphatic carbocycles. The average Bonchev–Trinajstić information content (AvgIpc) is 3.42. The number of carbonyl (C=O) groups excluding carboxylic acids is 1. The standard InChI is InChI=1S/C31H38N3O3/c1-31(26-13-7-3-8-14-26,33-17-9-4-10-18-33)30(35)37-28-22-34(19-15-25(28)16-20-34)23-29-32-21-27(36-29)24-11-5-2-6-12-24/h2-3,5-8,11-14,21,25,28H,4,9-10,15-20,22-23H2,1H3/q+1/t25?,28-,31-,34?/m0/s1. The van der Waals surface area contributed by atoms with Gasteiger partial charge in [0.05, 0.1) is 19.3 Å². The number of hydrogen-bond acceptors (Lipinski definition) is 5. The Hall–Kier alpha value is -2.96. The summed E-state index contributed by atoms with van der Waals surface area (Å²) in [4.78, 5) is 21.0. The first-order valence-corrected chi connectivity index (χ1v) is 13.9. The van der Waals surface area contributed by atoms with Crippen molar-refractivity contribution < 1.29 is 18.4 Å². The minimum atomic E-state index is -0.758. The van der Waals surface area contributed by atoms with Gasteiger partial charge < -0.3 is 13.6 Å². The van der Waals surface area contributed by atoms with Crippen molar-refractivity contribution in [1.82, 2.24) is 9.88 Å². The average molecular weight is 501 g/mol. The highest BCUT2D eigenvalue weighted by molar-refractivity contribution is 5.82. The molecule has 6 nitrogen and oxygen atoms in total. The van der Waals surface area contributed by atoms with E-state index in [0.29, 0.717) is 5.92 Å². The number of benzene rings is 2. The van der Waals surface area contributed by atoms with Gasteiger partial charge in [0.1, 0.15) is 12.1 Å². The monoisotopic (exact) mass is 500 g/mol. The third-order valence-electron chi connectivity index (χ3n) is 9.10. The molecule has 194 valence electrons. The number of fused-ring (bicyclic) bond motifs is 3. The first-order valence-electron chi connectivity index (χ1n) is 13.9. The van der Waals surface area contributed by atoms with E-state index in [0.717, 1.165) is 92.2 Å². The number of oxazole rings is 1. The first kappa shape index (κ1) is 24.4. The molecule has 4 aliphatic heterocycles. The van der Waals surface area contributed by atoms with Gasteiger partial charge >= 0.3 is 5.97 Å². The van der Waals surface area contributed by atoms with Gasteiger partial charge in [-0.1, -0.05) is 67.1 Å². The van der Waals surface area contributed by atoms with Gasteiger partial charge in [-0.05, 0) is 38.4 Å². The predicted molar refractivity (Wildman–Crippen MR) is 142 cm³/mol. The van der Waals surface area contributed by atoms with Crippen LogP contribution in [0.1, 0.15) is 50.5 Å². The highest BCUT2D eigenvalue weighted by atomic mass is 16.5. The van der Waals surface area contributed by atoms with Gasteiger partial charge in [-0.2, -0.15) is 0 Å². The summed E-state index contributed by atoms with van der Waals surface area (Å²) in [6.07, 6.45) is 7.42. The predicted octanol–water partition coefficient (Wildman–Crippen LogP) is 5.40. The van der Waals surface area contributed by atoms with Crippen molar-refractivity contribution in [1.29, 1.82) is 0 Å². The lowest BCUT2D eigenvalue weighted by Gasteiger charge is -2.52. The highest BCUT2D eigenvalue weighted by Crippen LogP contribution is 2.40. The molecule has 4 aliphatic rings. The van der Waals surface area contributed by atoms with Crippen molar-refractivity contribution in [3.8, 4) is 11.3 Å². The number of nitrogens with zero attached hydrogens (tertiary/aromatic N) is 3. The topological polar surface area (TPSA) is 55.6 Å². The third-order valence-corrected chi connectivity index (χ3v) is 9.10. The molecule has 1 aromatic heterocycles. The Morgan fingerprint density at radius 1 is 1.03 bits per heavy atom. The zero-order valence-corrected chi connectivity index (χ0v) is 21.9. The molecule has 4 saturated heterocycles. The summed E-state index contributed by atoms with van der Waals surface area (Å²) >= 11 is 0. The number of rotatable bonds is 7. The lowest BCUT2D eigenvalue weighted by molar-refractivity contribution is -0.959. The van der Waals surface area contributed by atoms with Crippen LogP contribution in [0, 0.1) is 5.92 Å². The molecule has 0 radical (unpaired) electrons. The van der Waals surface area contributed by atoms with Gasteiger partial charge in [0.25, 0.3) is 5.89 Å². The Morgan fingerprint density at radius 2 is 1.70 bits per heavy atom. The zero-order valence-electron chi connectivity index (χ0n) is 21.9. The molecule has 0 saturated carbocycles. The van der Waals surface area contributed by atoms with Crippen LogP contribution < -0.4 is 0 Å². The summed E-state index contributed by atoms with van der Waals surface area (Å²) in [5.41, 5.74) is 1.31. The second-order valence-corrected chi connectivity index (χ2v) is 11.4. The lowest BCUT2D eigenvalue weighted by Crippen LogP contribution is -2.64. The van der Waals surface area contributed by atoms with E-state index in [1.54, 1.807) is 0 Å². The molecule has 0 spiro atoms. The number of likely N-dealkylation sites (tertiary alicyclic amines) is 1. The maximum absolute atomic E-state index is 14.0. The molecular formula is C31H38N3O3+.